The lowest BCUT2D eigenvalue weighted by Crippen LogP contribution is -2.49. The summed E-state index contributed by atoms with van der Waals surface area (Å²) in [6.45, 7) is 3.97. The molecule has 122 valence electrons. The van der Waals surface area contributed by atoms with Crippen LogP contribution in [0.15, 0.2) is 29.6 Å². The largest absolute Gasteiger partial charge is 0.342 e. The molecule has 0 bridgehead atoms. The van der Waals surface area contributed by atoms with Crippen molar-refractivity contribution in [3.8, 4) is 0 Å². The summed E-state index contributed by atoms with van der Waals surface area (Å²) < 4.78 is 1.10. The molecule has 4 nitrogen and oxygen atoms in total. The van der Waals surface area contributed by atoms with Gasteiger partial charge in [-0.1, -0.05) is 18.2 Å². The number of thiophene rings is 1. The topological polar surface area (TPSA) is 40.6 Å². The second-order valence-electron chi connectivity index (χ2n) is 5.98. The van der Waals surface area contributed by atoms with Crippen LogP contribution in [0, 0.1) is 0 Å². The average molecular weight is 348 g/mol. The molecule has 1 aliphatic heterocycles. The van der Waals surface area contributed by atoms with Crippen LogP contribution in [-0.4, -0.2) is 52.4 Å². The van der Waals surface area contributed by atoms with Crippen LogP contribution in [0.25, 0.3) is 10.1 Å². The summed E-state index contributed by atoms with van der Waals surface area (Å²) in [4.78, 5) is 29.1. The number of nitrogens with zero attached hydrogens (tertiary/aromatic N) is 2. The van der Waals surface area contributed by atoms with Gasteiger partial charge in [-0.3, -0.25) is 9.59 Å². The number of likely N-dealkylation sites (N-methyl/N-ethyl adjacent to an activating group) is 1. The Morgan fingerprint density at radius 1 is 1.30 bits per heavy atom. The van der Waals surface area contributed by atoms with E-state index in [0.29, 0.717) is 17.2 Å². The highest BCUT2D eigenvalue weighted by Crippen LogP contribution is 2.30. The third-order valence-electron chi connectivity index (χ3n) is 4.26. The van der Waals surface area contributed by atoms with Gasteiger partial charge in [-0.15, -0.1) is 23.1 Å². The maximum Gasteiger partial charge on any atom is 0.256 e. The van der Waals surface area contributed by atoms with Crippen molar-refractivity contribution in [1.82, 2.24) is 9.80 Å². The van der Waals surface area contributed by atoms with Gasteiger partial charge in [0.2, 0.25) is 5.91 Å². The third-order valence-corrected chi connectivity index (χ3v) is 6.24. The van der Waals surface area contributed by atoms with Crippen LogP contribution < -0.4 is 0 Å². The molecule has 0 spiro atoms. The predicted molar refractivity (Wildman–Crippen MR) is 97.0 cm³/mol. The molecule has 0 N–H and O–H groups in total. The minimum absolute atomic E-state index is 0.0258. The first kappa shape index (κ1) is 16.3. The molecule has 0 aliphatic carbocycles. The van der Waals surface area contributed by atoms with Crippen LogP contribution in [0.3, 0.4) is 0 Å². The maximum absolute atomic E-state index is 13.0. The van der Waals surface area contributed by atoms with E-state index in [1.165, 1.54) is 0 Å². The monoisotopic (exact) mass is 348 g/mol. The standard InChI is InChI=1S/C17H20N2O2S2/c1-11(2)18(3)17(21)14-9-22-10-19(14)16(20)13-8-23-15-7-5-4-6-12(13)15/h4-8,11,14H,9-10H2,1-3H3/t14-/m0/s1. The summed E-state index contributed by atoms with van der Waals surface area (Å²) in [6, 6.07) is 7.68. The predicted octanol–water partition coefficient (Wildman–Crippen LogP) is 3.28. The first-order valence-electron chi connectivity index (χ1n) is 7.62. The molecule has 2 aromatic rings. The molecule has 6 heteroatoms. The Morgan fingerprint density at radius 2 is 2.04 bits per heavy atom. The third kappa shape index (κ3) is 2.97. The number of benzene rings is 1. The average Bonchev–Trinajstić information content (AvgIpc) is 3.19. The molecule has 2 amide bonds. The lowest BCUT2D eigenvalue weighted by Gasteiger charge is -2.29. The number of thioether (sulfide) groups is 1. The second-order valence-corrected chi connectivity index (χ2v) is 7.89. The molecule has 1 fully saturated rings. The smallest absolute Gasteiger partial charge is 0.256 e. The Morgan fingerprint density at radius 3 is 2.78 bits per heavy atom. The summed E-state index contributed by atoms with van der Waals surface area (Å²) in [5, 5.41) is 2.88. The first-order valence-corrected chi connectivity index (χ1v) is 9.65. The van der Waals surface area contributed by atoms with Gasteiger partial charge in [-0.05, 0) is 19.9 Å². The number of amides is 2. The fourth-order valence-corrected chi connectivity index (χ4v) is 4.71. The van der Waals surface area contributed by atoms with E-state index in [1.807, 2.05) is 43.5 Å². The quantitative estimate of drug-likeness (QED) is 0.855. The number of carbonyl (C=O) groups excluding carboxylic acids is 2. The van der Waals surface area contributed by atoms with Crippen molar-refractivity contribution in [1.29, 1.82) is 0 Å². The van der Waals surface area contributed by atoms with Gasteiger partial charge in [0.25, 0.3) is 5.91 Å². The van der Waals surface area contributed by atoms with Gasteiger partial charge in [-0.2, -0.15) is 0 Å². The van der Waals surface area contributed by atoms with Crippen LogP contribution in [0.2, 0.25) is 0 Å². The lowest BCUT2D eigenvalue weighted by atomic mass is 10.1. The van der Waals surface area contributed by atoms with E-state index < -0.39 is 0 Å². The Bertz CT molecular complexity index is 741. The van der Waals surface area contributed by atoms with Gasteiger partial charge in [-0.25, -0.2) is 0 Å². The van der Waals surface area contributed by atoms with Crippen LogP contribution in [-0.2, 0) is 4.79 Å². The summed E-state index contributed by atoms with van der Waals surface area (Å²) in [7, 11) is 1.80. The molecule has 1 saturated heterocycles. The van der Waals surface area contributed by atoms with Crippen molar-refractivity contribution in [3.63, 3.8) is 0 Å². The van der Waals surface area contributed by atoms with E-state index in [2.05, 4.69) is 0 Å². The zero-order valence-corrected chi connectivity index (χ0v) is 15.1. The number of carbonyl (C=O) groups is 2. The van der Waals surface area contributed by atoms with Gasteiger partial charge in [0, 0.05) is 34.3 Å². The van der Waals surface area contributed by atoms with Crippen molar-refractivity contribution in [2.45, 2.75) is 25.9 Å². The molecule has 1 atom stereocenters. The van der Waals surface area contributed by atoms with Crippen LogP contribution in [0.1, 0.15) is 24.2 Å². The van der Waals surface area contributed by atoms with Gasteiger partial charge in [0.1, 0.15) is 6.04 Å². The first-order chi connectivity index (χ1) is 11.0. The highest BCUT2D eigenvalue weighted by molar-refractivity contribution is 7.99. The number of hydrogen-bond donors (Lipinski definition) is 0. The van der Waals surface area contributed by atoms with E-state index in [9.17, 15) is 9.59 Å². The molecule has 2 heterocycles. The minimum Gasteiger partial charge on any atom is -0.342 e. The van der Waals surface area contributed by atoms with Crippen molar-refractivity contribution in [2.24, 2.45) is 0 Å². The van der Waals surface area contributed by atoms with E-state index >= 15 is 0 Å². The summed E-state index contributed by atoms with van der Waals surface area (Å²) in [5.41, 5.74) is 0.707. The van der Waals surface area contributed by atoms with Gasteiger partial charge < -0.3 is 9.80 Å². The SMILES string of the molecule is CC(C)N(C)C(=O)[C@@H]1CSCN1C(=O)c1csc2ccccc12. The Hall–Kier alpha value is -1.53. The van der Waals surface area contributed by atoms with E-state index in [1.54, 1.807) is 39.9 Å². The van der Waals surface area contributed by atoms with Crippen LogP contribution in [0.4, 0.5) is 0 Å². The van der Waals surface area contributed by atoms with Crippen molar-refractivity contribution >= 4 is 45.0 Å². The highest BCUT2D eigenvalue weighted by atomic mass is 32.2. The Labute approximate surface area is 144 Å². The van der Waals surface area contributed by atoms with Gasteiger partial charge >= 0.3 is 0 Å². The number of hydrogen-bond acceptors (Lipinski definition) is 4. The Kier molecular flexibility index (Phi) is 4.64. The molecular weight excluding hydrogens is 328 g/mol. The molecular formula is C17H20N2O2S2. The number of fused-ring (bicyclic) bond motifs is 1. The second kappa shape index (κ2) is 6.53. The molecule has 0 unspecified atom stereocenters. The molecule has 1 aromatic heterocycles. The fraction of sp³-hybridized carbons (Fsp3) is 0.412. The molecule has 23 heavy (non-hydrogen) atoms. The maximum atomic E-state index is 13.0. The van der Waals surface area contributed by atoms with Gasteiger partial charge in [0.15, 0.2) is 0 Å². The van der Waals surface area contributed by atoms with E-state index in [-0.39, 0.29) is 23.9 Å². The normalized spacial score (nSPS) is 17.9. The molecule has 1 aromatic carbocycles. The Balaban J connectivity index is 1.88. The lowest BCUT2D eigenvalue weighted by molar-refractivity contribution is -0.135. The fourth-order valence-electron chi connectivity index (χ4n) is 2.64. The van der Waals surface area contributed by atoms with E-state index in [4.69, 9.17) is 0 Å². The van der Waals surface area contributed by atoms with Crippen molar-refractivity contribution in [2.75, 3.05) is 18.7 Å². The zero-order valence-electron chi connectivity index (χ0n) is 13.5. The van der Waals surface area contributed by atoms with E-state index in [0.717, 1.165) is 10.1 Å². The van der Waals surface area contributed by atoms with Gasteiger partial charge in [0.05, 0.1) is 11.4 Å². The van der Waals surface area contributed by atoms with Crippen LogP contribution >= 0.6 is 23.1 Å². The molecule has 1 aliphatic rings. The summed E-state index contributed by atoms with van der Waals surface area (Å²) >= 11 is 3.21. The highest BCUT2D eigenvalue weighted by Gasteiger charge is 2.37. The van der Waals surface area contributed by atoms with Crippen molar-refractivity contribution < 1.29 is 9.59 Å². The summed E-state index contributed by atoms with van der Waals surface area (Å²) in [5.74, 6) is 1.23. The van der Waals surface area contributed by atoms with Crippen LogP contribution in [0.5, 0.6) is 0 Å². The zero-order chi connectivity index (χ0) is 16.6. The molecule has 0 radical (unpaired) electrons. The number of rotatable bonds is 3. The molecule has 3 rings (SSSR count). The summed E-state index contributed by atoms with van der Waals surface area (Å²) in [6.07, 6.45) is 0. The minimum atomic E-state index is -0.362. The van der Waals surface area contributed by atoms with Crippen molar-refractivity contribution in [3.05, 3.63) is 35.2 Å². The molecule has 0 saturated carbocycles.